The van der Waals surface area contributed by atoms with E-state index in [2.05, 4.69) is 96.5 Å². The average molecular weight is 413 g/mol. The molecule has 1 aliphatic rings. The van der Waals surface area contributed by atoms with Crippen LogP contribution in [0.2, 0.25) is 0 Å². The number of nitrogens with zero attached hydrogens (tertiary/aromatic N) is 2. The van der Waals surface area contributed by atoms with E-state index in [4.69, 9.17) is 4.74 Å². The quantitative estimate of drug-likeness (QED) is 0.526. The van der Waals surface area contributed by atoms with E-state index in [-0.39, 0.29) is 0 Å². The monoisotopic (exact) mass is 412 g/mol. The summed E-state index contributed by atoms with van der Waals surface area (Å²) in [5, 5.41) is 0. The molecule has 3 nitrogen and oxygen atoms in total. The number of benzene rings is 2. The zero-order chi connectivity index (χ0) is 22.4. The van der Waals surface area contributed by atoms with Crippen LogP contribution >= 0.6 is 0 Å². The summed E-state index contributed by atoms with van der Waals surface area (Å²) in [4.78, 5) is 4.19. The van der Waals surface area contributed by atoms with Gasteiger partial charge in [0, 0.05) is 39.6 Å². The lowest BCUT2D eigenvalue weighted by Gasteiger charge is -2.15. The standard InChI is InChI=1S/C28H32N2O/c1-21(2)24-19-27(17-11-22-7-13-25(14-8-22)29(3)4)31-28(20-24)18-12-23-9-15-26(16-10-23)30(5)6/h7-20H,1-6H3. The molecule has 0 aromatic heterocycles. The van der Waals surface area contributed by atoms with Crippen LogP contribution < -0.4 is 9.80 Å². The fourth-order valence-electron chi connectivity index (χ4n) is 3.12. The van der Waals surface area contributed by atoms with E-state index in [0.717, 1.165) is 22.6 Å². The maximum absolute atomic E-state index is 6.13. The molecule has 0 fully saturated rings. The Labute approximate surface area is 187 Å². The molecule has 0 saturated carbocycles. The minimum atomic E-state index is 0.831. The van der Waals surface area contributed by atoms with Gasteiger partial charge in [0.1, 0.15) is 11.5 Å². The fourth-order valence-corrected chi connectivity index (χ4v) is 3.12. The summed E-state index contributed by atoms with van der Waals surface area (Å²) in [6.45, 7) is 4.24. The Morgan fingerprint density at radius 1 is 0.613 bits per heavy atom. The molecular weight excluding hydrogens is 380 g/mol. The first kappa shape index (κ1) is 22.2. The molecule has 0 N–H and O–H groups in total. The van der Waals surface area contributed by atoms with Crippen molar-refractivity contribution in [3.8, 4) is 0 Å². The summed E-state index contributed by atoms with van der Waals surface area (Å²) in [7, 11) is 8.18. The highest BCUT2D eigenvalue weighted by Gasteiger charge is 2.08. The second-order valence-corrected chi connectivity index (χ2v) is 8.29. The Morgan fingerprint density at radius 3 is 1.32 bits per heavy atom. The van der Waals surface area contributed by atoms with Gasteiger partial charge in [-0.2, -0.15) is 0 Å². The van der Waals surface area contributed by atoms with E-state index in [1.54, 1.807) is 0 Å². The van der Waals surface area contributed by atoms with Gasteiger partial charge < -0.3 is 14.5 Å². The van der Waals surface area contributed by atoms with Crippen LogP contribution in [-0.2, 0) is 4.74 Å². The van der Waals surface area contributed by atoms with E-state index in [9.17, 15) is 0 Å². The van der Waals surface area contributed by atoms with Gasteiger partial charge in [-0.25, -0.2) is 0 Å². The molecule has 3 rings (SSSR count). The third-order valence-electron chi connectivity index (χ3n) is 5.11. The lowest BCUT2D eigenvalue weighted by molar-refractivity contribution is 0.332. The van der Waals surface area contributed by atoms with Crippen molar-refractivity contribution < 1.29 is 4.74 Å². The predicted molar refractivity (Wildman–Crippen MR) is 135 cm³/mol. The molecule has 1 heterocycles. The molecule has 1 aliphatic heterocycles. The average Bonchev–Trinajstić information content (AvgIpc) is 2.76. The molecule has 0 amide bonds. The minimum Gasteiger partial charge on any atom is -0.457 e. The Balaban J connectivity index is 1.75. The zero-order valence-electron chi connectivity index (χ0n) is 19.4. The third kappa shape index (κ3) is 6.26. The predicted octanol–water partition coefficient (Wildman–Crippen LogP) is 6.68. The van der Waals surface area contributed by atoms with Crippen LogP contribution in [0.5, 0.6) is 0 Å². The second kappa shape index (κ2) is 10.0. The van der Waals surface area contributed by atoms with Crippen LogP contribution in [0.3, 0.4) is 0 Å². The first-order valence-corrected chi connectivity index (χ1v) is 10.5. The molecule has 0 radical (unpaired) electrons. The van der Waals surface area contributed by atoms with Gasteiger partial charge in [0.05, 0.1) is 0 Å². The van der Waals surface area contributed by atoms with Gasteiger partial charge in [0.15, 0.2) is 0 Å². The van der Waals surface area contributed by atoms with Crippen LogP contribution in [0.25, 0.3) is 12.2 Å². The molecule has 0 unspecified atom stereocenters. The maximum atomic E-state index is 6.13. The molecule has 0 spiro atoms. The summed E-state index contributed by atoms with van der Waals surface area (Å²) >= 11 is 0. The summed E-state index contributed by atoms with van der Waals surface area (Å²) in [6, 6.07) is 16.9. The molecule has 2 aromatic carbocycles. The molecular formula is C28H32N2O. The van der Waals surface area contributed by atoms with Crippen LogP contribution in [0.1, 0.15) is 25.0 Å². The van der Waals surface area contributed by atoms with E-state index in [0.29, 0.717) is 0 Å². The number of rotatable bonds is 6. The van der Waals surface area contributed by atoms with E-state index >= 15 is 0 Å². The van der Waals surface area contributed by atoms with E-state index in [1.165, 1.54) is 22.5 Å². The van der Waals surface area contributed by atoms with Gasteiger partial charge >= 0.3 is 0 Å². The highest BCUT2D eigenvalue weighted by Crippen LogP contribution is 2.25. The highest BCUT2D eigenvalue weighted by atomic mass is 16.5. The van der Waals surface area contributed by atoms with Crippen molar-refractivity contribution in [3.63, 3.8) is 0 Å². The van der Waals surface area contributed by atoms with E-state index < -0.39 is 0 Å². The number of anilines is 2. The largest absolute Gasteiger partial charge is 0.457 e. The number of hydrogen-bond donors (Lipinski definition) is 0. The van der Waals surface area contributed by atoms with Crippen molar-refractivity contribution in [2.75, 3.05) is 38.0 Å². The number of allylic oxidation sites excluding steroid dienone is 6. The Hall–Kier alpha value is -3.46. The fraction of sp³-hybridized carbons (Fsp3) is 0.214. The summed E-state index contributed by atoms with van der Waals surface area (Å²) in [6.07, 6.45) is 12.4. The van der Waals surface area contributed by atoms with Crippen LogP contribution in [0.15, 0.2) is 95.5 Å². The SMILES string of the molecule is CC(C)=C1C=C(C=Cc2ccc(N(C)C)cc2)OC(C=Cc2ccc(N(C)C)cc2)=C1. The smallest absolute Gasteiger partial charge is 0.128 e. The maximum Gasteiger partial charge on any atom is 0.128 e. The minimum absolute atomic E-state index is 0.831. The van der Waals surface area contributed by atoms with Gasteiger partial charge in [-0.15, -0.1) is 0 Å². The molecule has 0 atom stereocenters. The van der Waals surface area contributed by atoms with Gasteiger partial charge in [-0.1, -0.05) is 42.0 Å². The van der Waals surface area contributed by atoms with Crippen molar-refractivity contribution in [3.05, 3.63) is 107 Å². The van der Waals surface area contributed by atoms with Crippen LogP contribution in [0.4, 0.5) is 11.4 Å². The summed E-state index contributed by atoms with van der Waals surface area (Å²) in [5.74, 6) is 1.66. The van der Waals surface area contributed by atoms with Gasteiger partial charge in [0.25, 0.3) is 0 Å². The molecule has 0 saturated heterocycles. The van der Waals surface area contributed by atoms with Crippen molar-refractivity contribution in [2.45, 2.75) is 13.8 Å². The van der Waals surface area contributed by atoms with Gasteiger partial charge in [-0.3, -0.25) is 0 Å². The Kier molecular flexibility index (Phi) is 7.19. The highest BCUT2D eigenvalue weighted by molar-refractivity contribution is 5.60. The lowest BCUT2D eigenvalue weighted by atomic mass is 10.1. The molecule has 160 valence electrons. The topological polar surface area (TPSA) is 15.7 Å². The van der Waals surface area contributed by atoms with Crippen molar-refractivity contribution in [1.82, 2.24) is 0 Å². The zero-order valence-corrected chi connectivity index (χ0v) is 19.4. The molecule has 0 aliphatic carbocycles. The van der Waals surface area contributed by atoms with Crippen LogP contribution in [0, 0.1) is 0 Å². The first-order valence-electron chi connectivity index (χ1n) is 10.5. The van der Waals surface area contributed by atoms with Gasteiger partial charge in [-0.05, 0) is 79.1 Å². The van der Waals surface area contributed by atoms with Crippen molar-refractivity contribution in [1.29, 1.82) is 0 Å². The van der Waals surface area contributed by atoms with Crippen molar-refractivity contribution >= 4 is 23.5 Å². The number of ether oxygens (including phenoxy) is 1. The Morgan fingerprint density at radius 2 is 1.00 bits per heavy atom. The van der Waals surface area contributed by atoms with Crippen molar-refractivity contribution in [2.24, 2.45) is 0 Å². The van der Waals surface area contributed by atoms with Gasteiger partial charge in [0.2, 0.25) is 0 Å². The van der Waals surface area contributed by atoms with E-state index in [1.807, 2.05) is 40.3 Å². The Bertz CT molecular complexity index is 964. The lowest BCUT2D eigenvalue weighted by Crippen LogP contribution is -2.07. The summed E-state index contributed by atoms with van der Waals surface area (Å²) < 4.78 is 6.13. The summed E-state index contributed by atoms with van der Waals surface area (Å²) in [5.41, 5.74) is 7.09. The second-order valence-electron chi connectivity index (χ2n) is 8.29. The molecule has 3 heteroatoms. The molecule has 2 aromatic rings. The first-order chi connectivity index (χ1) is 14.8. The number of hydrogen-bond acceptors (Lipinski definition) is 3. The van der Waals surface area contributed by atoms with Crippen LogP contribution in [-0.4, -0.2) is 28.2 Å². The molecule has 31 heavy (non-hydrogen) atoms. The third-order valence-corrected chi connectivity index (χ3v) is 5.11. The normalized spacial score (nSPS) is 13.8. The molecule has 0 bridgehead atoms.